The minimum atomic E-state index is -0.121. The van der Waals surface area contributed by atoms with Crippen LogP contribution in [-0.2, 0) is 0 Å². The monoisotopic (exact) mass is 301 g/mol. The van der Waals surface area contributed by atoms with E-state index in [9.17, 15) is 4.79 Å². The van der Waals surface area contributed by atoms with Gasteiger partial charge < -0.3 is 11.1 Å². The lowest BCUT2D eigenvalue weighted by Gasteiger charge is -2.00. The maximum Gasteiger partial charge on any atom is 0.263 e. The van der Waals surface area contributed by atoms with E-state index in [1.807, 2.05) is 19.1 Å². The molecule has 0 spiro atoms. The van der Waals surface area contributed by atoms with Gasteiger partial charge in [0.1, 0.15) is 9.88 Å². The molecular weight excluding hydrogens is 290 g/mol. The second kappa shape index (κ2) is 5.79. The summed E-state index contributed by atoms with van der Waals surface area (Å²) in [5.74, 6) is -0.121. The number of thiophene rings is 1. The number of nitrogens with two attached hydrogens (primary N) is 1. The zero-order valence-electron chi connectivity index (χ0n) is 9.70. The first-order chi connectivity index (χ1) is 8.61. The van der Waals surface area contributed by atoms with Crippen LogP contribution in [0, 0.1) is 6.92 Å². The summed E-state index contributed by atoms with van der Waals surface area (Å²) in [5, 5.41) is 3.56. The van der Waals surface area contributed by atoms with Crippen LogP contribution in [0.5, 0.6) is 0 Å². The highest BCUT2D eigenvalue weighted by Gasteiger charge is 2.16. The second-order valence-electron chi connectivity index (χ2n) is 3.58. The minimum absolute atomic E-state index is 0.121. The molecule has 1 amide bonds. The molecule has 0 radical (unpaired) electrons. The van der Waals surface area contributed by atoms with Crippen LogP contribution in [-0.4, -0.2) is 24.0 Å². The number of hydrogen-bond acceptors (Lipinski definition) is 5. The van der Waals surface area contributed by atoms with Crippen LogP contribution in [0.3, 0.4) is 0 Å². The number of rotatable bonds is 4. The molecule has 0 fully saturated rings. The average molecular weight is 302 g/mol. The topological polar surface area (TPSA) is 68.0 Å². The number of nitrogens with one attached hydrogen (secondary N) is 1. The van der Waals surface area contributed by atoms with Crippen molar-refractivity contribution in [3.8, 4) is 9.88 Å². The molecule has 96 valence electrons. The van der Waals surface area contributed by atoms with Crippen molar-refractivity contribution in [3.63, 3.8) is 0 Å². The lowest BCUT2D eigenvalue weighted by molar-refractivity contribution is 0.0958. The van der Waals surface area contributed by atoms with Crippen molar-refractivity contribution in [2.45, 2.75) is 6.92 Å². The molecule has 0 aliphatic carbocycles. The largest absolute Gasteiger partial charge is 0.350 e. The van der Waals surface area contributed by atoms with Crippen LogP contribution in [0.1, 0.15) is 15.4 Å². The van der Waals surface area contributed by atoms with Crippen LogP contribution in [0.2, 0.25) is 4.34 Å². The third-order valence-electron chi connectivity index (χ3n) is 2.22. The normalized spacial score (nSPS) is 10.6. The van der Waals surface area contributed by atoms with E-state index < -0.39 is 0 Å². The number of thiazole rings is 1. The van der Waals surface area contributed by atoms with Crippen molar-refractivity contribution in [1.29, 1.82) is 0 Å². The Morgan fingerprint density at radius 3 is 2.89 bits per heavy atom. The molecule has 18 heavy (non-hydrogen) atoms. The third-order valence-corrected chi connectivity index (χ3v) is 4.77. The van der Waals surface area contributed by atoms with Gasteiger partial charge in [0, 0.05) is 13.1 Å². The summed E-state index contributed by atoms with van der Waals surface area (Å²) >= 11 is 8.72. The van der Waals surface area contributed by atoms with E-state index in [1.54, 1.807) is 0 Å². The number of aryl methyl sites for hydroxylation is 1. The predicted octanol–water partition coefficient (Wildman–Crippen LogP) is 2.52. The summed E-state index contributed by atoms with van der Waals surface area (Å²) < 4.78 is 0.715. The van der Waals surface area contributed by atoms with Crippen molar-refractivity contribution >= 4 is 40.2 Å². The molecule has 0 saturated heterocycles. The van der Waals surface area contributed by atoms with Gasteiger partial charge in [0.2, 0.25) is 0 Å². The smallest absolute Gasteiger partial charge is 0.263 e. The van der Waals surface area contributed by atoms with Crippen molar-refractivity contribution in [2.24, 2.45) is 5.73 Å². The Hall–Kier alpha value is -0.950. The van der Waals surface area contributed by atoms with Crippen molar-refractivity contribution in [1.82, 2.24) is 10.3 Å². The second-order valence-corrected chi connectivity index (χ2v) is 6.30. The quantitative estimate of drug-likeness (QED) is 0.912. The number of hydrogen-bond donors (Lipinski definition) is 2. The Balaban J connectivity index is 2.24. The fourth-order valence-corrected chi connectivity index (χ4v) is 3.49. The van der Waals surface area contributed by atoms with E-state index >= 15 is 0 Å². The Morgan fingerprint density at radius 2 is 2.28 bits per heavy atom. The van der Waals surface area contributed by atoms with E-state index in [4.69, 9.17) is 17.3 Å². The van der Waals surface area contributed by atoms with Crippen LogP contribution in [0.25, 0.3) is 9.88 Å². The van der Waals surface area contributed by atoms with Crippen molar-refractivity contribution < 1.29 is 4.79 Å². The molecular formula is C11H12ClN3OS2. The highest BCUT2D eigenvalue weighted by atomic mass is 35.5. The van der Waals surface area contributed by atoms with Gasteiger partial charge in [-0.15, -0.1) is 22.7 Å². The molecule has 0 saturated carbocycles. The van der Waals surface area contributed by atoms with E-state index in [2.05, 4.69) is 10.3 Å². The summed E-state index contributed by atoms with van der Waals surface area (Å²) in [5.41, 5.74) is 6.08. The third kappa shape index (κ3) is 2.89. The fourth-order valence-electron chi connectivity index (χ4n) is 1.41. The molecule has 0 bridgehead atoms. The molecule has 2 aromatic rings. The SMILES string of the molecule is Cc1nc(-c2ccc(Cl)s2)sc1C(=O)NCCN. The minimum Gasteiger partial charge on any atom is -0.350 e. The molecule has 0 aliphatic heterocycles. The highest BCUT2D eigenvalue weighted by molar-refractivity contribution is 7.24. The molecule has 0 aliphatic rings. The van der Waals surface area contributed by atoms with Crippen LogP contribution < -0.4 is 11.1 Å². The highest BCUT2D eigenvalue weighted by Crippen LogP contribution is 2.34. The number of carbonyl (C=O) groups excluding carboxylic acids is 1. The molecule has 0 atom stereocenters. The van der Waals surface area contributed by atoms with Gasteiger partial charge in [-0.25, -0.2) is 4.98 Å². The first-order valence-electron chi connectivity index (χ1n) is 5.33. The maximum atomic E-state index is 11.9. The van der Waals surface area contributed by atoms with Crippen LogP contribution in [0.15, 0.2) is 12.1 Å². The summed E-state index contributed by atoms with van der Waals surface area (Å²) in [7, 11) is 0. The number of nitrogens with zero attached hydrogens (tertiary/aromatic N) is 1. The number of amides is 1. The molecule has 7 heteroatoms. The Labute approximate surface area is 118 Å². The van der Waals surface area contributed by atoms with Crippen LogP contribution in [0.4, 0.5) is 0 Å². The summed E-state index contributed by atoms with van der Waals surface area (Å²) in [6.07, 6.45) is 0. The van der Waals surface area contributed by atoms with Gasteiger partial charge in [0.25, 0.3) is 5.91 Å². The maximum absolute atomic E-state index is 11.9. The van der Waals surface area contributed by atoms with Gasteiger partial charge in [-0.2, -0.15) is 0 Å². The zero-order chi connectivity index (χ0) is 13.1. The lowest BCUT2D eigenvalue weighted by Crippen LogP contribution is -2.28. The van der Waals surface area contributed by atoms with E-state index in [0.29, 0.717) is 22.3 Å². The average Bonchev–Trinajstić information content (AvgIpc) is 2.92. The van der Waals surface area contributed by atoms with E-state index in [-0.39, 0.29) is 5.91 Å². The molecule has 2 heterocycles. The van der Waals surface area contributed by atoms with Gasteiger partial charge >= 0.3 is 0 Å². The van der Waals surface area contributed by atoms with Crippen molar-refractivity contribution in [3.05, 3.63) is 27.0 Å². The molecule has 3 N–H and O–H groups in total. The Kier molecular flexibility index (Phi) is 4.34. The summed E-state index contributed by atoms with van der Waals surface area (Å²) in [6, 6.07) is 3.74. The predicted molar refractivity (Wildman–Crippen MR) is 76.6 cm³/mol. The summed E-state index contributed by atoms with van der Waals surface area (Å²) in [4.78, 5) is 17.9. The fraction of sp³-hybridized carbons (Fsp3) is 0.273. The molecule has 0 unspecified atom stereocenters. The van der Waals surface area contributed by atoms with Gasteiger partial charge in [0.15, 0.2) is 0 Å². The first-order valence-corrected chi connectivity index (χ1v) is 7.34. The standard InChI is InChI=1S/C11H12ClN3OS2/c1-6-9(10(16)14-5-4-13)18-11(15-6)7-2-3-8(12)17-7/h2-3H,4-5,13H2,1H3,(H,14,16). The molecule has 2 rings (SSSR count). The molecule has 4 nitrogen and oxygen atoms in total. The first kappa shape index (κ1) is 13.5. The van der Waals surface area contributed by atoms with Gasteiger partial charge in [-0.05, 0) is 19.1 Å². The lowest BCUT2D eigenvalue weighted by atomic mass is 10.3. The number of aromatic nitrogens is 1. The molecule has 2 aromatic heterocycles. The van der Waals surface area contributed by atoms with Gasteiger partial charge in [0.05, 0.1) is 14.9 Å². The summed E-state index contributed by atoms with van der Waals surface area (Å²) in [6.45, 7) is 2.72. The van der Waals surface area contributed by atoms with Gasteiger partial charge in [-0.3, -0.25) is 4.79 Å². The van der Waals surface area contributed by atoms with E-state index in [1.165, 1.54) is 22.7 Å². The Bertz CT molecular complexity index is 564. The van der Waals surface area contributed by atoms with Crippen LogP contribution >= 0.6 is 34.3 Å². The number of carbonyl (C=O) groups is 1. The molecule has 0 aromatic carbocycles. The van der Waals surface area contributed by atoms with Gasteiger partial charge in [-0.1, -0.05) is 11.6 Å². The van der Waals surface area contributed by atoms with Crippen molar-refractivity contribution in [2.75, 3.05) is 13.1 Å². The van der Waals surface area contributed by atoms with E-state index in [0.717, 1.165) is 15.6 Å². The Morgan fingerprint density at radius 1 is 1.50 bits per heavy atom. The zero-order valence-corrected chi connectivity index (χ0v) is 12.1. The number of halogens is 1.